The number of aromatic nitrogens is 2. The van der Waals surface area contributed by atoms with Gasteiger partial charge in [0.2, 0.25) is 0 Å². The molecule has 2 unspecified atom stereocenters. The van der Waals surface area contributed by atoms with Gasteiger partial charge in [-0.1, -0.05) is 25.7 Å². The molecule has 1 aromatic heterocycles. The maximum atomic E-state index is 9.45. The third-order valence-corrected chi connectivity index (χ3v) is 5.05. The summed E-state index contributed by atoms with van der Waals surface area (Å²) in [5.41, 5.74) is 1.14. The van der Waals surface area contributed by atoms with E-state index in [2.05, 4.69) is 22.3 Å². The average molecular weight is 277 g/mol. The second-order valence-electron chi connectivity index (χ2n) is 6.44. The van der Waals surface area contributed by atoms with E-state index >= 15 is 0 Å². The Balaban J connectivity index is 1.52. The van der Waals surface area contributed by atoms with E-state index in [-0.39, 0.29) is 0 Å². The van der Waals surface area contributed by atoms with Crippen LogP contribution in [0.5, 0.6) is 0 Å². The van der Waals surface area contributed by atoms with Gasteiger partial charge in [-0.2, -0.15) is 5.10 Å². The van der Waals surface area contributed by atoms with Crippen LogP contribution in [0.3, 0.4) is 0 Å². The van der Waals surface area contributed by atoms with Crippen LogP contribution in [-0.2, 0) is 6.54 Å². The van der Waals surface area contributed by atoms with Crippen molar-refractivity contribution < 1.29 is 5.11 Å². The molecule has 0 bridgehead atoms. The van der Waals surface area contributed by atoms with E-state index in [1.807, 2.05) is 0 Å². The summed E-state index contributed by atoms with van der Waals surface area (Å²) in [5, 5.41) is 17.8. The van der Waals surface area contributed by atoms with Crippen LogP contribution in [0.2, 0.25) is 0 Å². The zero-order valence-electron chi connectivity index (χ0n) is 12.3. The molecule has 0 aliphatic heterocycles. The first-order valence-electron chi connectivity index (χ1n) is 8.25. The smallest absolute Gasteiger partial charge is 0.0762 e. The van der Waals surface area contributed by atoms with Crippen molar-refractivity contribution >= 4 is 0 Å². The van der Waals surface area contributed by atoms with Gasteiger partial charge in [0, 0.05) is 25.4 Å². The third-order valence-electron chi connectivity index (χ3n) is 5.05. The Bertz CT molecular complexity index is 412. The predicted octanol–water partition coefficient (Wildman–Crippen LogP) is 2.64. The van der Waals surface area contributed by atoms with Crippen LogP contribution in [0, 0.1) is 5.92 Å². The van der Waals surface area contributed by atoms with E-state index in [4.69, 9.17) is 5.10 Å². The van der Waals surface area contributed by atoms with Crippen LogP contribution in [0.1, 0.15) is 63.1 Å². The molecule has 1 heterocycles. The second-order valence-corrected chi connectivity index (χ2v) is 6.44. The average Bonchev–Trinajstić information content (AvgIpc) is 3.16. The van der Waals surface area contributed by atoms with Gasteiger partial charge >= 0.3 is 0 Å². The molecule has 3 rings (SSSR count). The van der Waals surface area contributed by atoms with Gasteiger partial charge in [0.05, 0.1) is 11.7 Å². The van der Waals surface area contributed by atoms with E-state index in [9.17, 15) is 5.11 Å². The molecule has 112 valence electrons. The Kier molecular flexibility index (Phi) is 4.73. The maximum Gasteiger partial charge on any atom is 0.0762 e. The number of rotatable bonds is 5. The first-order chi connectivity index (χ1) is 9.86. The van der Waals surface area contributed by atoms with Crippen LogP contribution in [-0.4, -0.2) is 27.5 Å². The molecule has 4 nitrogen and oxygen atoms in total. The maximum absolute atomic E-state index is 9.45. The summed E-state index contributed by atoms with van der Waals surface area (Å²) in [6.45, 7) is 1.15. The van der Waals surface area contributed by atoms with Gasteiger partial charge in [0.25, 0.3) is 0 Å². The highest BCUT2D eigenvalue weighted by atomic mass is 16.3. The summed E-state index contributed by atoms with van der Waals surface area (Å²) < 4.78 is 2.16. The monoisotopic (exact) mass is 277 g/mol. The fraction of sp³-hybridized carbons (Fsp3) is 0.812. The summed E-state index contributed by atoms with van der Waals surface area (Å²) in [7, 11) is 0. The molecule has 2 atom stereocenters. The molecule has 2 aliphatic rings. The van der Waals surface area contributed by atoms with Crippen LogP contribution in [0.25, 0.3) is 0 Å². The lowest BCUT2D eigenvalue weighted by Crippen LogP contribution is -2.39. The van der Waals surface area contributed by atoms with Crippen molar-refractivity contribution in [2.45, 2.75) is 70.0 Å². The molecule has 0 radical (unpaired) electrons. The first-order valence-corrected chi connectivity index (χ1v) is 8.25. The molecule has 0 amide bonds. The van der Waals surface area contributed by atoms with E-state index in [0.717, 1.165) is 18.7 Å². The van der Waals surface area contributed by atoms with Crippen LogP contribution in [0.4, 0.5) is 0 Å². The highest BCUT2D eigenvalue weighted by Crippen LogP contribution is 2.29. The van der Waals surface area contributed by atoms with E-state index in [1.54, 1.807) is 0 Å². The first kappa shape index (κ1) is 14.1. The van der Waals surface area contributed by atoms with Gasteiger partial charge < -0.3 is 10.4 Å². The lowest BCUT2D eigenvalue weighted by atomic mass is 9.85. The Morgan fingerprint density at radius 2 is 1.90 bits per heavy atom. The molecule has 0 spiro atoms. The Labute approximate surface area is 121 Å². The molecule has 0 saturated heterocycles. The van der Waals surface area contributed by atoms with Gasteiger partial charge in [-0.3, -0.25) is 4.68 Å². The van der Waals surface area contributed by atoms with Gasteiger partial charge in [-0.05, 0) is 37.7 Å². The van der Waals surface area contributed by atoms with E-state index in [0.29, 0.717) is 24.6 Å². The number of nitrogens with zero attached hydrogens (tertiary/aromatic N) is 2. The van der Waals surface area contributed by atoms with Crippen molar-refractivity contribution in [2.24, 2.45) is 5.92 Å². The number of hydrogen-bond acceptors (Lipinski definition) is 3. The Morgan fingerprint density at radius 3 is 2.70 bits per heavy atom. The van der Waals surface area contributed by atoms with E-state index < -0.39 is 0 Å². The Hall–Kier alpha value is -0.870. The molecular formula is C16H27N3O. The minimum absolute atomic E-state index is 0.314. The molecule has 4 heteroatoms. The lowest BCUT2D eigenvalue weighted by molar-refractivity contribution is 0.152. The van der Waals surface area contributed by atoms with Gasteiger partial charge in [0.1, 0.15) is 0 Å². The summed E-state index contributed by atoms with van der Waals surface area (Å²) in [4.78, 5) is 0. The van der Waals surface area contributed by atoms with Gasteiger partial charge in [-0.15, -0.1) is 0 Å². The minimum Gasteiger partial charge on any atom is -0.396 e. The van der Waals surface area contributed by atoms with Crippen molar-refractivity contribution in [3.63, 3.8) is 0 Å². The standard InChI is InChI=1S/C16H27N3O/c20-12-13-5-1-4-8-16(13)17-11-14-9-10-19(18-14)15-6-2-3-7-15/h9-10,13,15-17,20H,1-8,11-12H2. The van der Waals surface area contributed by atoms with Crippen LogP contribution in [0.15, 0.2) is 12.3 Å². The Morgan fingerprint density at radius 1 is 1.15 bits per heavy atom. The molecular weight excluding hydrogens is 250 g/mol. The second kappa shape index (κ2) is 6.72. The largest absolute Gasteiger partial charge is 0.396 e. The summed E-state index contributed by atoms with van der Waals surface area (Å²) in [6, 6.07) is 3.23. The van der Waals surface area contributed by atoms with Crippen molar-refractivity contribution in [3.05, 3.63) is 18.0 Å². The van der Waals surface area contributed by atoms with Gasteiger partial charge in [-0.25, -0.2) is 0 Å². The van der Waals surface area contributed by atoms with Crippen molar-refractivity contribution in [1.82, 2.24) is 15.1 Å². The molecule has 20 heavy (non-hydrogen) atoms. The van der Waals surface area contributed by atoms with Crippen molar-refractivity contribution in [2.75, 3.05) is 6.61 Å². The normalized spacial score (nSPS) is 28.1. The van der Waals surface area contributed by atoms with E-state index in [1.165, 1.54) is 44.9 Å². The SMILES string of the molecule is OCC1CCCCC1NCc1ccn(C2CCCC2)n1. The molecule has 2 fully saturated rings. The molecule has 2 saturated carbocycles. The third kappa shape index (κ3) is 3.23. The predicted molar refractivity (Wildman–Crippen MR) is 79.4 cm³/mol. The molecule has 1 aromatic rings. The van der Waals surface area contributed by atoms with Crippen molar-refractivity contribution in [3.8, 4) is 0 Å². The number of aliphatic hydroxyl groups excluding tert-OH is 1. The van der Waals surface area contributed by atoms with Crippen molar-refractivity contribution in [1.29, 1.82) is 0 Å². The lowest BCUT2D eigenvalue weighted by Gasteiger charge is -2.30. The fourth-order valence-electron chi connectivity index (χ4n) is 3.77. The molecule has 2 N–H and O–H groups in total. The van der Waals surface area contributed by atoms with Crippen LogP contribution >= 0.6 is 0 Å². The topological polar surface area (TPSA) is 50.1 Å². The molecule has 0 aromatic carbocycles. The number of hydrogen-bond donors (Lipinski definition) is 2. The summed E-state index contributed by atoms with van der Waals surface area (Å²) >= 11 is 0. The highest BCUT2D eigenvalue weighted by molar-refractivity contribution is 5.00. The number of nitrogens with one attached hydrogen (secondary N) is 1. The summed E-state index contributed by atoms with van der Waals surface area (Å²) in [5.74, 6) is 0.431. The van der Waals surface area contributed by atoms with Crippen LogP contribution < -0.4 is 5.32 Å². The summed E-state index contributed by atoms with van der Waals surface area (Å²) in [6.07, 6.45) is 12.3. The minimum atomic E-state index is 0.314. The quantitative estimate of drug-likeness (QED) is 0.870. The molecule has 2 aliphatic carbocycles. The zero-order chi connectivity index (χ0) is 13.8. The van der Waals surface area contributed by atoms with Gasteiger partial charge in [0.15, 0.2) is 0 Å². The zero-order valence-corrected chi connectivity index (χ0v) is 12.3. The number of aliphatic hydroxyl groups is 1. The highest BCUT2D eigenvalue weighted by Gasteiger charge is 2.24. The fourth-order valence-corrected chi connectivity index (χ4v) is 3.77.